The van der Waals surface area contributed by atoms with Gasteiger partial charge in [0.1, 0.15) is 0 Å². The van der Waals surface area contributed by atoms with Crippen LogP contribution in [0.1, 0.15) is 39.2 Å². The zero-order valence-electron chi connectivity index (χ0n) is 11.3. The quantitative estimate of drug-likeness (QED) is 0.814. The van der Waals surface area contributed by atoms with Gasteiger partial charge in [-0.15, -0.1) is 0 Å². The van der Waals surface area contributed by atoms with Crippen LogP contribution in [-0.2, 0) is 11.3 Å². The van der Waals surface area contributed by atoms with Crippen LogP contribution in [0, 0.1) is 5.41 Å². The van der Waals surface area contributed by atoms with Crippen LogP contribution in [-0.4, -0.2) is 22.1 Å². The van der Waals surface area contributed by atoms with E-state index in [1.54, 1.807) is 12.4 Å². The topological polar surface area (TPSA) is 62.2 Å². The summed E-state index contributed by atoms with van der Waals surface area (Å²) in [6, 6.07) is 3.86. The van der Waals surface area contributed by atoms with E-state index in [4.69, 9.17) is 5.11 Å². The van der Waals surface area contributed by atoms with E-state index in [2.05, 4.69) is 31.1 Å². The number of carboxylic acid groups (broad SMARTS) is 1. The molecule has 4 nitrogen and oxygen atoms in total. The molecule has 2 N–H and O–H groups in total. The summed E-state index contributed by atoms with van der Waals surface area (Å²) in [6.45, 7) is 7.04. The first-order valence-corrected chi connectivity index (χ1v) is 6.21. The molecular formula is C14H22N2O2. The minimum atomic E-state index is -0.758. The van der Waals surface area contributed by atoms with E-state index in [9.17, 15) is 4.79 Å². The van der Waals surface area contributed by atoms with Gasteiger partial charge in [-0.25, -0.2) is 0 Å². The molecule has 100 valence electrons. The summed E-state index contributed by atoms with van der Waals surface area (Å²) < 4.78 is 0. The molecule has 0 amide bonds. The Morgan fingerprint density at radius 1 is 1.39 bits per heavy atom. The van der Waals surface area contributed by atoms with E-state index in [0.717, 1.165) is 12.0 Å². The second-order valence-electron chi connectivity index (χ2n) is 5.80. The highest BCUT2D eigenvalue weighted by molar-refractivity contribution is 5.67. The van der Waals surface area contributed by atoms with Gasteiger partial charge in [-0.2, -0.15) is 0 Å². The maximum Gasteiger partial charge on any atom is 0.304 e. The summed E-state index contributed by atoms with van der Waals surface area (Å²) in [7, 11) is 0. The molecule has 0 aromatic carbocycles. The third-order valence-corrected chi connectivity index (χ3v) is 2.62. The van der Waals surface area contributed by atoms with Crippen LogP contribution in [0.2, 0.25) is 0 Å². The molecule has 0 aliphatic heterocycles. The van der Waals surface area contributed by atoms with Gasteiger partial charge in [0.15, 0.2) is 0 Å². The van der Waals surface area contributed by atoms with Gasteiger partial charge in [0.25, 0.3) is 0 Å². The van der Waals surface area contributed by atoms with Crippen molar-refractivity contribution >= 4 is 5.97 Å². The van der Waals surface area contributed by atoms with Gasteiger partial charge in [-0.1, -0.05) is 20.8 Å². The monoisotopic (exact) mass is 250 g/mol. The number of hydrogen-bond donors (Lipinski definition) is 2. The Kier molecular flexibility index (Phi) is 5.28. The Balaban J connectivity index is 2.53. The lowest BCUT2D eigenvalue weighted by atomic mass is 9.87. The number of aromatic nitrogens is 1. The molecule has 0 aliphatic rings. The lowest BCUT2D eigenvalue weighted by molar-refractivity contribution is -0.137. The molecule has 1 atom stereocenters. The summed E-state index contributed by atoms with van der Waals surface area (Å²) in [5.41, 5.74) is 1.24. The fourth-order valence-corrected chi connectivity index (χ4v) is 1.93. The van der Waals surface area contributed by atoms with Crippen molar-refractivity contribution in [1.29, 1.82) is 0 Å². The predicted molar refractivity (Wildman–Crippen MR) is 71.2 cm³/mol. The molecule has 1 rings (SSSR count). The molecule has 0 saturated carbocycles. The van der Waals surface area contributed by atoms with Crippen molar-refractivity contribution in [2.45, 2.75) is 46.2 Å². The van der Waals surface area contributed by atoms with Crippen molar-refractivity contribution in [2.24, 2.45) is 5.41 Å². The standard InChI is InChI=1S/C14H22N2O2/c1-14(2,3)9-12(8-13(17)18)16-10-11-4-6-15-7-5-11/h4-7,12,16H,8-10H2,1-3H3,(H,17,18). The van der Waals surface area contributed by atoms with Crippen molar-refractivity contribution in [3.05, 3.63) is 30.1 Å². The first-order valence-electron chi connectivity index (χ1n) is 6.21. The number of carboxylic acids is 1. The highest BCUT2D eigenvalue weighted by atomic mass is 16.4. The van der Waals surface area contributed by atoms with Gasteiger partial charge in [-0.05, 0) is 29.5 Å². The molecule has 4 heteroatoms. The van der Waals surface area contributed by atoms with Crippen LogP contribution >= 0.6 is 0 Å². The number of hydrogen-bond acceptors (Lipinski definition) is 3. The van der Waals surface area contributed by atoms with E-state index >= 15 is 0 Å². The number of carbonyl (C=O) groups is 1. The van der Waals surface area contributed by atoms with Gasteiger partial charge < -0.3 is 10.4 Å². The SMILES string of the molecule is CC(C)(C)CC(CC(=O)O)NCc1ccncc1. The zero-order valence-corrected chi connectivity index (χ0v) is 11.3. The van der Waals surface area contributed by atoms with Crippen molar-refractivity contribution in [2.75, 3.05) is 0 Å². The maximum absolute atomic E-state index is 10.9. The summed E-state index contributed by atoms with van der Waals surface area (Å²) in [4.78, 5) is 14.8. The largest absolute Gasteiger partial charge is 0.481 e. The lowest BCUT2D eigenvalue weighted by Crippen LogP contribution is -2.34. The summed E-state index contributed by atoms with van der Waals surface area (Å²) in [6.07, 6.45) is 4.48. The maximum atomic E-state index is 10.9. The smallest absolute Gasteiger partial charge is 0.304 e. The van der Waals surface area contributed by atoms with Crippen LogP contribution in [0.15, 0.2) is 24.5 Å². The van der Waals surface area contributed by atoms with Crippen LogP contribution in [0.4, 0.5) is 0 Å². The van der Waals surface area contributed by atoms with Gasteiger partial charge in [0.05, 0.1) is 6.42 Å². The molecule has 0 radical (unpaired) electrons. The molecule has 0 fully saturated rings. The molecule has 1 aromatic heterocycles. The Bertz CT molecular complexity index is 371. The minimum Gasteiger partial charge on any atom is -0.481 e. The lowest BCUT2D eigenvalue weighted by Gasteiger charge is -2.26. The Morgan fingerprint density at radius 3 is 2.50 bits per heavy atom. The van der Waals surface area contributed by atoms with Crippen molar-refractivity contribution in [1.82, 2.24) is 10.3 Å². The van der Waals surface area contributed by atoms with Crippen LogP contribution in [0.3, 0.4) is 0 Å². The molecule has 18 heavy (non-hydrogen) atoms. The highest BCUT2D eigenvalue weighted by Gasteiger charge is 2.20. The van der Waals surface area contributed by atoms with Gasteiger partial charge in [0.2, 0.25) is 0 Å². The van der Waals surface area contributed by atoms with Crippen molar-refractivity contribution < 1.29 is 9.90 Å². The molecule has 0 spiro atoms. The third kappa shape index (κ3) is 6.35. The number of rotatable bonds is 6. The van der Waals surface area contributed by atoms with E-state index < -0.39 is 5.97 Å². The number of nitrogens with one attached hydrogen (secondary N) is 1. The van der Waals surface area contributed by atoms with Crippen molar-refractivity contribution in [3.8, 4) is 0 Å². The Labute approximate surface area is 108 Å². The minimum absolute atomic E-state index is 0.00401. The van der Waals surface area contributed by atoms with Gasteiger partial charge >= 0.3 is 5.97 Å². The number of pyridine rings is 1. The summed E-state index contributed by atoms with van der Waals surface area (Å²) in [5.74, 6) is -0.758. The first kappa shape index (κ1) is 14.6. The number of aliphatic carboxylic acids is 1. The van der Waals surface area contributed by atoms with E-state index in [-0.39, 0.29) is 17.9 Å². The number of nitrogens with zero attached hydrogens (tertiary/aromatic N) is 1. The molecular weight excluding hydrogens is 228 g/mol. The molecule has 1 unspecified atom stereocenters. The normalized spacial score (nSPS) is 13.3. The fourth-order valence-electron chi connectivity index (χ4n) is 1.93. The molecule has 0 bridgehead atoms. The van der Waals surface area contributed by atoms with Crippen LogP contribution in [0.25, 0.3) is 0 Å². The molecule has 1 heterocycles. The summed E-state index contributed by atoms with van der Waals surface area (Å²) >= 11 is 0. The highest BCUT2D eigenvalue weighted by Crippen LogP contribution is 2.22. The predicted octanol–water partition coefficient (Wildman–Crippen LogP) is 2.45. The zero-order chi connectivity index (χ0) is 13.6. The Morgan fingerprint density at radius 2 is 2.00 bits per heavy atom. The van der Waals surface area contributed by atoms with Crippen molar-refractivity contribution in [3.63, 3.8) is 0 Å². The molecule has 1 aromatic rings. The third-order valence-electron chi connectivity index (χ3n) is 2.62. The molecule has 0 saturated heterocycles. The van der Waals surface area contributed by atoms with Crippen LogP contribution < -0.4 is 5.32 Å². The average Bonchev–Trinajstić information content (AvgIpc) is 2.24. The van der Waals surface area contributed by atoms with Gasteiger partial charge in [-0.3, -0.25) is 9.78 Å². The first-order chi connectivity index (χ1) is 8.37. The van der Waals surface area contributed by atoms with Crippen LogP contribution in [0.5, 0.6) is 0 Å². The van der Waals surface area contributed by atoms with E-state index in [1.807, 2.05) is 12.1 Å². The second kappa shape index (κ2) is 6.50. The molecule has 0 aliphatic carbocycles. The van der Waals surface area contributed by atoms with E-state index in [1.165, 1.54) is 0 Å². The Hall–Kier alpha value is -1.42. The summed E-state index contributed by atoms with van der Waals surface area (Å²) in [5, 5.41) is 12.2. The fraction of sp³-hybridized carbons (Fsp3) is 0.571. The average molecular weight is 250 g/mol. The second-order valence-corrected chi connectivity index (χ2v) is 5.80. The van der Waals surface area contributed by atoms with E-state index in [0.29, 0.717) is 6.54 Å². The van der Waals surface area contributed by atoms with Gasteiger partial charge in [0, 0.05) is 25.0 Å².